The number of hydrogen-bond acceptors (Lipinski definition) is 2. The number of nitrogens with zero attached hydrogens (tertiary/aromatic N) is 2. The molecule has 0 bridgehead atoms. The van der Waals surface area contributed by atoms with E-state index < -0.39 is 0 Å². The van der Waals surface area contributed by atoms with Gasteiger partial charge in [-0.15, -0.1) is 6.42 Å². The van der Waals surface area contributed by atoms with Gasteiger partial charge in [0.25, 0.3) is 0 Å². The largest absolute Gasteiger partial charge is 0.345 e. The van der Waals surface area contributed by atoms with Crippen molar-refractivity contribution in [1.29, 1.82) is 0 Å². The molecule has 3 heterocycles. The SMILES string of the molecule is C#Cc1c[nH]c2ncc(-c3ccc4c(c3)CN(C[C](C)C)CC4)cc12. The number of rotatable bonds is 3. The van der Waals surface area contributed by atoms with E-state index in [-0.39, 0.29) is 0 Å². The molecule has 0 saturated heterocycles. The first kappa shape index (κ1) is 15.9. The molecule has 1 aromatic carbocycles. The third-order valence-electron chi connectivity index (χ3n) is 4.86. The van der Waals surface area contributed by atoms with Crippen LogP contribution in [0.4, 0.5) is 0 Å². The van der Waals surface area contributed by atoms with Crippen LogP contribution in [0.15, 0.2) is 36.7 Å². The van der Waals surface area contributed by atoms with Crippen LogP contribution in [0.5, 0.6) is 0 Å². The first-order valence-electron chi connectivity index (χ1n) is 8.71. The van der Waals surface area contributed by atoms with E-state index in [9.17, 15) is 0 Å². The average molecular weight is 328 g/mol. The second-order valence-corrected chi connectivity index (χ2v) is 7.12. The van der Waals surface area contributed by atoms with Gasteiger partial charge in [0.2, 0.25) is 0 Å². The molecule has 0 atom stereocenters. The Hall–Kier alpha value is -2.57. The van der Waals surface area contributed by atoms with Crippen molar-refractivity contribution in [1.82, 2.24) is 14.9 Å². The number of H-pyrrole nitrogens is 1. The van der Waals surface area contributed by atoms with Crippen molar-refractivity contribution in [2.75, 3.05) is 13.1 Å². The highest BCUT2D eigenvalue weighted by Crippen LogP contribution is 2.28. The van der Waals surface area contributed by atoms with Gasteiger partial charge in [-0.25, -0.2) is 4.98 Å². The number of benzene rings is 1. The normalized spacial score (nSPS) is 14.6. The molecule has 4 rings (SSSR count). The molecule has 3 nitrogen and oxygen atoms in total. The molecule has 0 saturated carbocycles. The van der Waals surface area contributed by atoms with E-state index in [1.165, 1.54) is 22.6 Å². The summed E-state index contributed by atoms with van der Waals surface area (Å²) >= 11 is 0. The fourth-order valence-corrected chi connectivity index (χ4v) is 3.66. The average Bonchev–Trinajstić information content (AvgIpc) is 3.02. The van der Waals surface area contributed by atoms with Gasteiger partial charge in [-0.05, 0) is 41.2 Å². The third-order valence-corrected chi connectivity index (χ3v) is 4.86. The molecule has 0 fully saturated rings. The number of hydrogen-bond donors (Lipinski definition) is 1. The molecule has 3 aromatic rings. The Morgan fingerprint density at radius 2 is 2.12 bits per heavy atom. The van der Waals surface area contributed by atoms with Crippen molar-refractivity contribution in [2.45, 2.75) is 26.8 Å². The van der Waals surface area contributed by atoms with Crippen LogP contribution in [0.1, 0.15) is 30.5 Å². The number of pyridine rings is 1. The second-order valence-electron chi connectivity index (χ2n) is 7.12. The van der Waals surface area contributed by atoms with Crippen molar-refractivity contribution in [2.24, 2.45) is 0 Å². The second kappa shape index (κ2) is 6.38. The van der Waals surface area contributed by atoms with E-state index in [0.717, 1.165) is 48.2 Å². The maximum absolute atomic E-state index is 5.59. The minimum atomic E-state index is 0.842. The standard InChI is InChI=1S/C22H22N3/c1-4-16-11-23-22-21(16)10-19(12-24-22)18-6-5-17-7-8-25(13-15(2)3)14-20(17)9-18/h1,5-6,9-12H,7-8,13-14H2,2-3H3,(H,23,24). The molecule has 1 radical (unpaired) electrons. The van der Waals surface area contributed by atoms with Gasteiger partial charge >= 0.3 is 0 Å². The summed E-state index contributed by atoms with van der Waals surface area (Å²) in [5.74, 6) is 4.18. The summed E-state index contributed by atoms with van der Waals surface area (Å²) < 4.78 is 0. The number of aromatic amines is 1. The molecule has 25 heavy (non-hydrogen) atoms. The van der Waals surface area contributed by atoms with Crippen molar-refractivity contribution < 1.29 is 0 Å². The molecular formula is C22H22N3. The summed E-state index contributed by atoms with van der Waals surface area (Å²) in [5, 5.41) is 1.01. The first-order valence-corrected chi connectivity index (χ1v) is 8.71. The molecule has 3 heteroatoms. The highest BCUT2D eigenvalue weighted by molar-refractivity contribution is 5.87. The zero-order valence-corrected chi connectivity index (χ0v) is 14.8. The van der Waals surface area contributed by atoms with Gasteiger partial charge in [0.15, 0.2) is 0 Å². The summed E-state index contributed by atoms with van der Waals surface area (Å²) in [5.41, 5.74) is 6.92. The minimum absolute atomic E-state index is 0.842. The zero-order chi connectivity index (χ0) is 17.4. The molecule has 0 unspecified atom stereocenters. The molecule has 1 N–H and O–H groups in total. The predicted molar refractivity (Wildman–Crippen MR) is 103 cm³/mol. The lowest BCUT2D eigenvalue weighted by atomic mass is 9.94. The Balaban J connectivity index is 1.69. The summed E-state index contributed by atoms with van der Waals surface area (Å²) in [6.45, 7) is 7.63. The lowest BCUT2D eigenvalue weighted by Gasteiger charge is -2.30. The van der Waals surface area contributed by atoms with Gasteiger partial charge in [-0.1, -0.05) is 31.9 Å². The molecule has 1 aliphatic heterocycles. The van der Waals surface area contributed by atoms with E-state index in [2.05, 4.69) is 58.9 Å². The Morgan fingerprint density at radius 3 is 2.92 bits per heavy atom. The van der Waals surface area contributed by atoms with Gasteiger partial charge in [0.05, 0.1) is 5.56 Å². The number of aromatic nitrogens is 2. The topological polar surface area (TPSA) is 31.9 Å². The van der Waals surface area contributed by atoms with Crippen LogP contribution in [0.3, 0.4) is 0 Å². The lowest BCUT2D eigenvalue weighted by Crippen LogP contribution is -2.32. The van der Waals surface area contributed by atoms with Crippen LogP contribution in [-0.4, -0.2) is 28.0 Å². The Bertz CT molecular complexity index is 959. The maximum Gasteiger partial charge on any atom is 0.138 e. The summed E-state index contributed by atoms with van der Waals surface area (Å²) in [4.78, 5) is 10.2. The summed E-state index contributed by atoms with van der Waals surface area (Å²) in [7, 11) is 0. The Morgan fingerprint density at radius 1 is 1.24 bits per heavy atom. The van der Waals surface area contributed by atoms with Crippen molar-refractivity contribution in [3.63, 3.8) is 0 Å². The Kier molecular flexibility index (Phi) is 4.07. The molecule has 0 aliphatic carbocycles. The van der Waals surface area contributed by atoms with E-state index in [1.54, 1.807) is 0 Å². The van der Waals surface area contributed by atoms with Gasteiger partial charge in [0, 0.05) is 43.0 Å². The molecule has 1 aliphatic rings. The van der Waals surface area contributed by atoms with E-state index in [0.29, 0.717) is 0 Å². The minimum Gasteiger partial charge on any atom is -0.345 e. The lowest BCUT2D eigenvalue weighted by molar-refractivity contribution is 0.264. The van der Waals surface area contributed by atoms with Crippen LogP contribution in [0, 0.1) is 18.3 Å². The van der Waals surface area contributed by atoms with Crippen LogP contribution in [0.2, 0.25) is 0 Å². The number of nitrogens with one attached hydrogen (secondary N) is 1. The molecule has 125 valence electrons. The first-order chi connectivity index (χ1) is 12.1. The predicted octanol–water partition coefficient (Wildman–Crippen LogP) is 4.18. The molecule has 0 amide bonds. The number of fused-ring (bicyclic) bond motifs is 2. The highest BCUT2D eigenvalue weighted by Gasteiger charge is 2.17. The van der Waals surface area contributed by atoms with Crippen LogP contribution in [0.25, 0.3) is 22.2 Å². The molecule has 0 spiro atoms. The van der Waals surface area contributed by atoms with Crippen molar-refractivity contribution in [3.8, 4) is 23.5 Å². The van der Waals surface area contributed by atoms with Gasteiger partial charge < -0.3 is 4.98 Å². The smallest absolute Gasteiger partial charge is 0.138 e. The summed E-state index contributed by atoms with van der Waals surface area (Å²) in [6, 6.07) is 8.93. The van der Waals surface area contributed by atoms with Gasteiger partial charge in [0.1, 0.15) is 5.65 Å². The van der Waals surface area contributed by atoms with E-state index in [4.69, 9.17) is 6.42 Å². The molecule has 2 aromatic heterocycles. The monoisotopic (exact) mass is 328 g/mol. The fourth-order valence-electron chi connectivity index (χ4n) is 3.66. The Labute approximate surface area is 149 Å². The number of terminal acetylenes is 1. The molecular weight excluding hydrogens is 306 g/mol. The van der Waals surface area contributed by atoms with Crippen molar-refractivity contribution >= 4 is 11.0 Å². The zero-order valence-electron chi connectivity index (χ0n) is 14.8. The van der Waals surface area contributed by atoms with Crippen LogP contribution >= 0.6 is 0 Å². The van der Waals surface area contributed by atoms with Gasteiger partial charge in [-0.2, -0.15) is 0 Å². The van der Waals surface area contributed by atoms with Crippen molar-refractivity contribution in [3.05, 3.63) is 59.3 Å². The summed E-state index contributed by atoms with van der Waals surface area (Å²) in [6.07, 6.45) is 10.5. The van der Waals surface area contributed by atoms with Crippen LogP contribution in [-0.2, 0) is 13.0 Å². The van der Waals surface area contributed by atoms with Crippen LogP contribution < -0.4 is 0 Å². The maximum atomic E-state index is 5.59. The quantitative estimate of drug-likeness (QED) is 0.731. The van der Waals surface area contributed by atoms with Gasteiger partial charge in [-0.3, -0.25) is 4.90 Å². The fraction of sp³-hybridized carbons (Fsp3) is 0.273. The third kappa shape index (κ3) is 3.06. The van der Waals surface area contributed by atoms with E-state index in [1.807, 2.05) is 12.4 Å². The highest BCUT2D eigenvalue weighted by atomic mass is 15.1. The van der Waals surface area contributed by atoms with E-state index >= 15 is 0 Å².